The smallest absolute Gasteiger partial charge is 0.148 e. The predicted octanol–water partition coefficient (Wildman–Crippen LogP) is 1.10. The van der Waals surface area contributed by atoms with Crippen LogP contribution in [-0.2, 0) is 11.2 Å². The zero-order chi connectivity index (χ0) is 9.80. The van der Waals surface area contributed by atoms with E-state index in [9.17, 15) is 0 Å². The van der Waals surface area contributed by atoms with Crippen molar-refractivity contribution in [3.63, 3.8) is 0 Å². The number of hydrogen-bond acceptors (Lipinski definition) is 4. The Bertz CT molecular complexity index is 299. The molecule has 1 fully saturated rings. The minimum absolute atomic E-state index is 0.641. The van der Waals surface area contributed by atoms with E-state index in [-0.39, 0.29) is 0 Å². The third kappa shape index (κ3) is 2.20. The van der Waals surface area contributed by atoms with Crippen LogP contribution in [0.4, 0.5) is 5.82 Å². The van der Waals surface area contributed by atoms with Gasteiger partial charge >= 0.3 is 0 Å². The Balaban J connectivity index is 1.87. The largest absolute Gasteiger partial charge is 0.381 e. The molecule has 2 heterocycles. The Kier molecular flexibility index (Phi) is 2.93. The van der Waals surface area contributed by atoms with E-state index in [1.54, 1.807) is 6.20 Å². The van der Waals surface area contributed by atoms with Crippen LogP contribution in [0, 0.1) is 5.92 Å². The molecule has 1 saturated heterocycles. The van der Waals surface area contributed by atoms with E-state index in [2.05, 4.69) is 22.4 Å². The van der Waals surface area contributed by atoms with Gasteiger partial charge < -0.3 is 10.1 Å². The second-order valence-electron chi connectivity index (χ2n) is 3.59. The van der Waals surface area contributed by atoms with Crippen molar-refractivity contribution in [3.8, 4) is 0 Å². The fraction of sp³-hybridized carbons (Fsp3) is 0.600. The number of nitrogens with one attached hydrogen (secondary N) is 1. The Labute approximate surface area is 83.7 Å². The highest BCUT2D eigenvalue weighted by atomic mass is 16.5. The lowest BCUT2D eigenvalue weighted by molar-refractivity contribution is -0.0248. The van der Waals surface area contributed by atoms with Crippen molar-refractivity contribution in [3.05, 3.63) is 17.8 Å². The summed E-state index contributed by atoms with van der Waals surface area (Å²) in [6, 6.07) is 2.05. The SMILES string of the molecule is CCc1cnnc(NCC2COC2)c1. The van der Waals surface area contributed by atoms with Crippen molar-refractivity contribution in [2.45, 2.75) is 13.3 Å². The van der Waals surface area contributed by atoms with Gasteiger partial charge in [-0.2, -0.15) is 5.10 Å². The molecule has 2 rings (SSSR count). The van der Waals surface area contributed by atoms with Crippen LogP contribution in [0.3, 0.4) is 0 Å². The second-order valence-corrected chi connectivity index (χ2v) is 3.59. The molecule has 1 aromatic rings. The molecular formula is C10H15N3O. The molecule has 0 amide bonds. The summed E-state index contributed by atoms with van der Waals surface area (Å²) in [5, 5.41) is 11.2. The van der Waals surface area contributed by atoms with Crippen molar-refractivity contribution in [1.82, 2.24) is 10.2 Å². The second kappa shape index (κ2) is 4.37. The number of hydrogen-bond donors (Lipinski definition) is 1. The topological polar surface area (TPSA) is 47.0 Å². The molecule has 76 valence electrons. The van der Waals surface area contributed by atoms with Crippen LogP contribution >= 0.6 is 0 Å². The van der Waals surface area contributed by atoms with Crippen molar-refractivity contribution in [2.24, 2.45) is 5.92 Å². The molecule has 0 atom stereocenters. The fourth-order valence-corrected chi connectivity index (χ4v) is 1.34. The molecule has 1 aliphatic rings. The van der Waals surface area contributed by atoms with Crippen LogP contribution in [0.2, 0.25) is 0 Å². The summed E-state index contributed by atoms with van der Waals surface area (Å²) in [5.74, 6) is 1.51. The maximum atomic E-state index is 5.09. The van der Waals surface area contributed by atoms with Crippen LogP contribution in [0.1, 0.15) is 12.5 Å². The number of nitrogens with zero attached hydrogens (tertiary/aromatic N) is 2. The Morgan fingerprint density at radius 3 is 3.07 bits per heavy atom. The first-order chi connectivity index (χ1) is 6.88. The molecule has 0 saturated carbocycles. The fourth-order valence-electron chi connectivity index (χ4n) is 1.34. The summed E-state index contributed by atoms with van der Waals surface area (Å²) in [6.45, 7) is 4.78. The molecule has 4 nitrogen and oxygen atoms in total. The summed E-state index contributed by atoms with van der Waals surface area (Å²) < 4.78 is 5.09. The van der Waals surface area contributed by atoms with Gasteiger partial charge in [-0.1, -0.05) is 6.92 Å². The third-order valence-corrected chi connectivity index (χ3v) is 2.40. The lowest BCUT2D eigenvalue weighted by atomic mass is 10.1. The van der Waals surface area contributed by atoms with Gasteiger partial charge in [0.25, 0.3) is 0 Å². The van der Waals surface area contributed by atoms with Gasteiger partial charge in [-0.05, 0) is 18.1 Å². The predicted molar refractivity (Wildman–Crippen MR) is 54.2 cm³/mol. The summed E-state index contributed by atoms with van der Waals surface area (Å²) >= 11 is 0. The van der Waals surface area contributed by atoms with Crippen molar-refractivity contribution < 1.29 is 4.74 Å². The number of ether oxygens (including phenoxy) is 1. The van der Waals surface area contributed by atoms with Crippen LogP contribution in [0.15, 0.2) is 12.3 Å². The Morgan fingerprint density at radius 1 is 1.57 bits per heavy atom. The van der Waals surface area contributed by atoms with E-state index in [4.69, 9.17) is 4.74 Å². The number of anilines is 1. The molecule has 4 heteroatoms. The average molecular weight is 193 g/mol. The van der Waals surface area contributed by atoms with Crippen LogP contribution < -0.4 is 5.32 Å². The summed E-state index contributed by atoms with van der Waals surface area (Å²) in [4.78, 5) is 0. The Morgan fingerprint density at radius 2 is 2.43 bits per heavy atom. The van der Waals surface area contributed by atoms with E-state index in [0.29, 0.717) is 5.92 Å². The first-order valence-electron chi connectivity index (χ1n) is 5.01. The Hall–Kier alpha value is -1.16. The van der Waals surface area contributed by atoms with E-state index >= 15 is 0 Å². The summed E-state index contributed by atoms with van der Waals surface area (Å²) in [7, 11) is 0. The van der Waals surface area contributed by atoms with Gasteiger partial charge in [0.15, 0.2) is 0 Å². The van der Waals surface area contributed by atoms with Gasteiger partial charge in [0.1, 0.15) is 5.82 Å². The molecule has 0 aliphatic carbocycles. The molecule has 0 spiro atoms. The van der Waals surface area contributed by atoms with E-state index < -0.39 is 0 Å². The van der Waals surface area contributed by atoms with Gasteiger partial charge in [-0.3, -0.25) is 0 Å². The van der Waals surface area contributed by atoms with Gasteiger partial charge in [-0.15, -0.1) is 5.10 Å². The highest BCUT2D eigenvalue weighted by Gasteiger charge is 2.17. The average Bonchev–Trinajstić information content (AvgIpc) is 2.16. The maximum absolute atomic E-state index is 5.09. The highest BCUT2D eigenvalue weighted by molar-refractivity contribution is 5.35. The molecule has 0 aromatic carbocycles. The van der Waals surface area contributed by atoms with Gasteiger partial charge in [0.2, 0.25) is 0 Å². The molecule has 1 N–H and O–H groups in total. The van der Waals surface area contributed by atoms with Gasteiger partial charge in [0, 0.05) is 12.5 Å². The highest BCUT2D eigenvalue weighted by Crippen LogP contribution is 2.11. The molecule has 1 aliphatic heterocycles. The molecular weight excluding hydrogens is 178 g/mol. The number of rotatable bonds is 4. The zero-order valence-electron chi connectivity index (χ0n) is 8.36. The quantitative estimate of drug-likeness (QED) is 0.777. The molecule has 0 radical (unpaired) electrons. The standard InChI is InChI=1S/C10H15N3O/c1-2-8-3-10(13-12-5-8)11-4-9-6-14-7-9/h3,5,9H,2,4,6-7H2,1H3,(H,11,13). The first-order valence-corrected chi connectivity index (χ1v) is 5.01. The molecule has 0 unspecified atom stereocenters. The van der Waals surface area contributed by atoms with Crippen LogP contribution in [0.25, 0.3) is 0 Å². The van der Waals surface area contributed by atoms with Gasteiger partial charge in [-0.25, -0.2) is 0 Å². The van der Waals surface area contributed by atoms with Crippen LogP contribution in [0.5, 0.6) is 0 Å². The van der Waals surface area contributed by atoms with E-state index in [1.807, 2.05) is 6.07 Å². The normalized spacial score (nSPS) is 16.4. The molecule has 0 bridgehead atoms. The number of aryl methyl sites for hydroxylation is 1. The number of aromatic nitrogens is 2. The van der Waals surface area contributed by atoms with Crippen molar-refractivity contribution in [2.75, 3.05) is 25.1 Å². The van der Waals surface area contributed by atoms with Crippen LogP contribution in [-0.4, -0.2) is 30.0 Å². The lowest BCUT2D eigenvalue weighted by Gasteiger charge is -2.26. The van der Waals surface area contributed by atoms with Crippen molar-refractivity contribution >= 4 is 5.82 Å². The zero-order valence-corrected chi connectivity index (χ0v) is 8.36. The minimum Gasteiger partial charge on any atom is -0.381 e. The van der Waals surface area contributed by atoms with Gasteiger partial charge in [0.05, 0.1) is 19.4 Å². The summed E-state index contributed by atoms with van der Waals surface area (Å²) in [6.07, 6.45) is 2.80. The lowest BCUT2D eigenvalue weighted by Crippen LogP contribution is -2.33. The van der Waals surface area contributed by atoms with E-state index in [1.165, 1.54) is 5.56 Å². The molecule has 14 heavy (non-hydrogen) atoms. The first kappa shape index (κ1) is 9.40. The monoisotopic (exact) mass is 193 g/mol. The maximum Gasteiger partial charge on any atom is 0.148 e. The summed E-state index contributed by atoms with van der Waals surface area (Å²) in [5.41, 5.74) is 1.22. The third-order valence-electron chi connectivity index (χ3n) is 2.40. The molecule has 1 aromatic heterocycles. The van der Waals surface area contributed by atoms with E-state index in [0.717, 1.165) is 32.0 Å². The van der Waals surface area contributed by atoms with Crippen molar-refractivity contribution in [1.29, 1.82) is 0 Å². The minimum atomic E-state index is 0.641.